The van der Waals surface area contributed by atoms with Crippen LogP contribution in [0, 0.1) is 5.82 Å². The topological polar surface area (TPSA) is 72.5 Å². The van der Waals surface area contributed by atoms with Crippen molar-refractivity contribution in [1.82, 2.24) is 5.32 Å². The van der Waals surface area contributed by atoms with E-state index in [1.54, 1.807) is 0 Å². The van der Waals surface area contributed by atoms with Crippen LogP contribution in [-0.4, -0.2) is 38.5 Å². The first-order chi connectivity index (χ1) is 9.35. The van der Waals surface area contributed by atoms with Gasteiger partial charge in [-0.15, -0.1) is 0 Å². The summed E-state index contributed by atoms with van der Waals surface area (Å²) in [7, 11) is -3.02. The van der Waals surface area contributed by atoms with Gasteiger partial charge in [-0.2, -0.15) is 0 Å². The van der Waals surface area contributed by atoms with E-state index < -0.39 is 21.6 Å². The van der Waals surface area contributed by atoms with Gasteiger partial charge in [0.1, 0.15) is 11.6 Å². The van der Waals surface area contributed by atoms with Crippen LogP contribution in [0.25, 0.3) is 0 Å². The van der Waals surface area contributed by atoms with Crippen molar-refractivity contribution in [1.29, 1.82) is 0 Å². The fourth-order valence-corrected chi connectivity index (χ4v) is 4.05. The van der Waals surface area contributed by atoms with Crippen molar-refractivity contribution in [3.8, 4) is 5.75 Å². The van der Waals surface area contributed by atoms with Crippen molar-refractivity contribution in [2.75, 3.05) is 18.1 Å². The van der Waals surface area contributed by atoms with Gasteiger partial charge in [0.2, 0.25) is 0 Å². The summed E-state index contributed by atoms with van der Waals surface area (Å²) >= 11 is 3.12. The number of rotatable bonds is 4. The largest absolute Gasteiger partial charge is 0.483 e. The molecule has 8 heteroatoms. The highest BCUT2D eigenvalue weighted by Gasteiger charge is 2.28. The number of carbonyl (C=O) groups excluding carboxylic acids is 1. The lowest BCUT2D eigenvalue weighted by Gasteiger charge is -2.12. The summed E-state index contributed by atoms with van der Waals surface area (Å²) in [6.45, 7) is -0.249. The second-order valence-electron chi connectivity index (χ2n) is 4.53. The van der Waals surface area contributed by atoms with Crippen LogP contribution in [0.2, 0.25) is 0 Å². The minimum Gasteiger partial charge on any atom is -0.483 e. The van der Waals surface area contributed by atoms with Gasteiger partial charge in [-0.25, -0.2) is 12.8 Å². The molecule has 1 atom stereocenters. The molecule has 1 aliphatic heterocycles. The third kappa shape index (κ3) is 4.17. The van der Waals surface area contributed by atoms with Crippen molar-refractivity contribution < 1.29 is 22.3 Å². The Morgan fingerprint density at radius 2 is 2.25 bits per heavy atom. The fourth-order valence-electron chi connectivity index (χ4n) is 1.91. The van der Waals surface area contributed by atoms with E-state index in [1.165, 1.54) is 18.2 Å². The smallest absolute Gasteiger partial charge is 0.258 e. The average molecular weight is 366 g/mol. The summed E-state index contributed by atoms with van der Waals surface area (Å²) in [5, 5.41) is 2.60. The van der Waals surface area contributed by atoms with Gasteiger partial charge in [0.15, 0.2) is 16.4 Å². The Kier molecular flexibility index (Phi) is 4.64. The molecule has 20 heavy (non-hydrogen) atoms. The van der Waals surface area contributed by atoms with E-state index in [4.69, 9.17) is 4.74 Å². The lowest BCUT2D eigenvalue weighted by Crippen LogP contribution is -2.38. The number of sulfone groups is 1. The summed E-state index contributed by atoms with van der Waals surface area (Å²) in [4.78, 5) is 11.6. The number of amides is 1. The van der Waals surface area contributed by atoms with Crippen LogP contribution in [0.1, 0.15) is 6.42 Å². The molecule has 1 aromatic carbocycles. The fraction of sp³-hybridized carbons (Fsp3) is 0.417. The van der Waals surface area contributed by atoms with E-state index in [0.29, 0.717) is 16.6 Å². The molecule has 0 aliphatic carbocycles. The molecule has 0 aromatic heterocycles. The van der Waals surface area contributed by atoms with E-state index in [2.05, 4.69) is 21.2 Å². The monoisotopic (exact) mass is 365 g/mol. The lowest BCUT2D eigenvalue weighted by molar-refractivity contribution is -0.123. The Morgan fingerprint density at radius 3 is 2.85 bits per heavy atom. The molecule has 0 bridgehead atoms. The third-order valence-corrected chi connectivity index (χ3v) is 5.24. The van der Waals surface area contributed by atoms with Crippen LogP contribution in [-0.2, 0) is 14.6 Å². The number of benzene rings is 1. The second-order valence-corrected chi connectivity index (χ2v) is 7.61. The zero-order valence-electron chi connectivity index (χ0n) is 10.4. The molecule has 110 valence electrons. The Morgan fingerprint density at radius 1 is 1.50 bits per heavy atom. The maximum Gasteiger partial charge on any atom is 0.258 e. The number of carbonyl (C=O) groups is 1. The van der Waals surface area contributed by atoms with Gasteiger partial charge in [-0.3, -0.25) is 4.79 Å². The van der Waals surface area contributed by atoms with E-state index >= 15 is 0 Å². The number of halogens is 2. The summed E-state index contributed by atoms with van der Waals surface area (Å²) in [5.74, 6) is -0.393. The molecule has 1 fully saturated rings. The van der Waals surface area contributed by atoms with Crippen LogP contribution in [0.5, 0.6) is 5.75 Å². The molecule has 0 spiro atoms. The molecule has 1 unspecified atom stereocenters. The molecule has 1 heterocycles. The zero-order chi connectivity index (χ0) is 14.8. The van der Waals surface area contributed by atoms with Crippen LogP contribution in [0.15, 0.2) is 22.7 Å². The molecule has 1 saturated heterocycles. The van der Waals surface area contributed by atoms with Crippen molar-refractivity contribution in [2.24, 2.45) is 0 Å². The van der Waals surface area contributed by atoms with Gasteiger partial charge in [0.25, 0.3) is 5.91 Å². The first-order valence-electron chi connectivity index (χ1n) is 5.93. The molecule has 1 aromatic rings. The maximum absolute atomic E-state index is 12.9. The first-order valence-corrected chi connectivity index (χ1v) is 8.55. The van der Waals surface area contributed by atoms with Crippen molar-refractivity contribution >= 4 is 31.7 Å². The predicted octanol–water partition coefficient (Wildman–Crippen LogP) is 1.27. The number of nitrogens with one attached hydrogen (secondary N) is 1. The normalized spacial score (nSPS) is 20.6. The standard InChI is InChI=1S/C12H13BrFNO4S/c13-10-5-8(14)1-2-11(10)19-6-12(16)15-9-3-4-20(17,18)7-9/h1-2,5,9H,3-4,6-7H2,(H,15,16). The first kappa shape index (κ1) is 15.2. The van der Waals surface area contributed by atoms with Crippen molar-refractivity contribution in [2.45, 2.75) is 12.5 Å². The molecular formula is C12H13BrFNO4S. The molecule has 0 radical (unpaired) electrons. The SMILES string of the molecule is O=C(COc1ccc(F)cc1Br)NC1CCS(=O)(=O)C1. The lowest BCUT2D eigenvalue weighted by atomic mass is 10.2. The Bertz CT molecular complexity index is 620. The highest BCUT2D eigenvalue weighted by atomic mass is 79.9. The van der Waals surface area contributed by atoms with Crippen molar-refractivity contribution in [3.05, 3.63) is 28.5 Å². The van der Waals surface area contributed by atoms with Gasteiger partial charge < -0.3 is 10.1 Å². The van der Waals surface area contributed by atoms with Crippen LogP contribution < -0.4 is 10.1 Å². The van der Waals surface area contributed by atoms with Crippen LogP contribution >= 0.6 is 15.9 Å². The second kappa shape index (κ2) is 6.09. The number of hydrogen-bond acceptors (Lipinski definition) is 4. The van der Waals surface area contributed by atoms with Gasteiger partial charge in [-0.1, -0.05) is 0 Å². The van der Waals surface area contributed by atoms with Gasteiger partial charge >= 0.3 is 0 Å². The number of hydrogen-bond donors (Lipinski definition) is 1. The summed E-state index contributed by atoms with van der Waals surface area (Å²) < 4.78 is 41.0. The molecule has 1 aliphatic rings. The third-order valence-electron chi connectivity index (χ3n) is 2.85. The Balaban J connectivity index is 1.84. The molecule has 2 rings (SSSR count). The minimum atomic E-state index is -3.02. The van der Waals surface area contributed by atoms with Crippen molar-refractivity contribution in [3.63, 3.8) is 0 Å². The summed E-state index contributed by atoms with van der Waals surface area (Å²) in [6, 6.07) is 3.51. The van der Waals surface area contributed by atoms with Gasteiger partial charge in [0, 0.05) is 6.04 Å². The van der Waals surface area contributed by atoms with Crippen LogP contribution in [0.3, 0.4) is 0 Å². The molecule has 1 amide bonds. The Labute approximate surface area is 124 Å². The molecular weight excluding hydrogens is 353 g/mol. The Hall–Kier alpha value is -1.15. The molecule has 1 N–H and O–H groups in total. The minimum absolute atomic E-state index is 0.0288. The van der Waals surface area contributed by atoms with Crippen LogP contribution in [0.4, 0.5) is 4.39 Å². The summed E-state index contributed by atoms with van der Waals surface area (Å²) in [6.07, 6.45) is 0.425. The molecule has 5 nitrogen and oxygen atoms in total. The zero-order valence-corrected chi connectivity index (χ0v) is 12.8. The summed E-state index contributed by atoms with van der Waals surface area (Å²) in [5.41, 5.74) is 0. The van der Waals surface area contributed by atoms with Gasteiger partial charge in [0.05, 0.1) is 16.0 Å². The quantitative estimate of drug-likeness (QED) is 0.871. The van der Waals surface area contributed by atoms with Gasteiger partial charge in [-0.05, 0) is 40.5 Å². The average Bonchev–Trinajstić information content (AvgIpc) is 2.67. The van der Waals surface area contributed by atoms with E-state index in [9.17, 15) is 17.6 Å². The van der Waals surface area contributed by atoms with E-state index in [0.717, 1.165) is 0 Å². The molecule has 0 saturated carbocycles. The van der Waals surface area contributed by atoms with E-state index in [-0.39, 0.29) is 24.2 Å². The number of ether oxygens (including phenoxy) is 1. The predicted molar refractivity (Wildman–Crippen MR) is 74.8 cm³/mol. The highest BCUT2D eigenvalue weighted by Crippen LogP contribution is 2.25. The van der Waals surface area contributed by atoms with E-state index in [1.807, 2.05) is 0 Å². The maximum atomic E-state index is 12.9. The highest BCUT2D eigenvalue weighted by molar-refractivity contribution is 9.10.